The number of aromatic nitrogens is 1. The van der Waals surface area contributed by atoms with Gasteiger partial charge in [-0.2, -0.15) is 0 Å². The molecule has 7 nitrogen and oxygen atoms in total. The minimum absolute atomic E-state index is 0.148. The molecule has 8 heteroatoms. The lowest BCUT2D eigenvalue weighted by Gasteiger charge is -2.11. The molecule has 4 rings (SSSR count). The molecule has 0 fully saturated rings. The first kappa shape index (κ1) is 22.8. The number of aromatic amines is 1. The molecule has 1 aliphatic heterocycles. The number of rotatable bonds is 7. The number of H-pyrrole nitrogens is 1. The van der Waals surface area contributed by atoms with Gasteiger partial charge in [-0.15, -0.1) is 0 Å². The van der Waals surface area contributed by atoms with Gasteiger partial charge in [0.05, 0.1) is 10.5 Å². The minimum Gasteiger partial charge on any atom is -0.358 e. The van der Waals surface area contributed by atoms with Crippen molar-refractivity contribution >= 4 is 33.3 Å². The third-order valence-corrected chi connectivity index (χ3v) is 7.78. The molecule has 2 aliphatic rings. The first-order valence-corrected chi connectivity index (χ1v) is 12.8. The van der Waals surface area contributed by atoms with Crippen LogP contribution < -0.4 is 10.0 Å². The number of hydrogen-bond acceptors (Lipinski definition) is 4. The smallest absolute Gasteiger partial charge is 0.256 e. The molecular formula is C24H32N4O3S. The lowest BCUT2D eigenvalue weighted by atomic mass is 9.98. The molecule has 1 aliphatic carbocycles. The summed E-state index contributed by atoms with van der Waals surface area (Å²) in [4.78, 5) is 18.8. The summed E-state index contributed by atoms with van der Waals surface area (Å²) in [6, 6.07) is 4.74. The predicted molar refractivity (Wildman–Crippen MR) is 128 cm³/mol. The minimum atomic E-state index is -3.60. The quantitative estimate of drug-likeness (QED) is 0.441. The van der Waals surface area contributed by atoms with E-state index in [1.165, 1.54) is 49.2 Å². The standard InChI is InChI=1S/C24H32N4O3S/c1-25-32(30,31)16-11-12-22-19(14-16)20(24(29)27-22)15-23-18(9-7-13-28(2)3)17-8-5-4-6-10-21(17)26-23/h11-12,14-15,25-26H,4-10,13H2,1-3H3,(H,27,29)/b20-15-. The second-order valence-corrected chi connectivity index (χ2v) is 10.8. The van der Waals surface area contributed by atoms with Crippen molar-refractivity contribution in [1.29, 1.82) is 0 Å². The molecule has 0 bridgehead atoms. The molecule has 172 valence electrons. The fraction of sp³-hybridized carbons (Fsp3) is 0.458. The maximum absolute atomic E-state index is 12.8. The molecule has 2 heterocycles. The van der Waals surface area contributed by atoms with E-state index in [9.17, 15) is 13.2 Å². The fourth-order valence-corrected chi connectivity index (χ4v) is 5.43. The highest BCUT2D eigenvalue weighted by molar-refractivity contribution is 7.89. The number of aryl methyl sites for hydroxylation is 1. The zero-order chi connectivity index (χ0) is 22.9. The van der Waals surface area contributed by atoms with Crippen molar-refractivity contribution in [1.82, 2.24) is 14.6 Å². The molecule has 0 unspecified atom stereocenters. The van der Waals surface area contributed by atoms with Gasteiger partial charge in [0.15, 0.2) is 0 Å². The van der Waals surface area contributed by atoms with Crippen LogP contribution in [0, 0.1) is 0 Å². The summed E-state index contributed by atoms with van der Waals surface area (Å²) in [7, 11) is 1.95. The molecule has 0 radical (unpaired) electrons. The van der Waals surface area contributed by atoms with Gasteiger partial charge in [0.1, 0.15) is 0 Å². The Morgan fingerprint density at radius 2 is 1.94 bits per heavy atom. The van der Waals surface area contributed by atoms with E-state index >= 15 is 0 Å². The van der Waals surface area contributed by atoms with Gasteiger partial charge in [0.2, 0.25) is 10.0 Å². The van der Waals surface area contributed by atoms with E-state index in [2.05, 4.69) is 34.0 Å². The van der Waals surface area contributed by atoms with Crippen LogP contribution in [0.5, 0.6) is 0 Å². The van der Waals surface area contributed by atoms with Crippen molar-refractivity contribution in [2.24, 2.45) is 0 Å². The van der Waals surface area contributed by atoms with Gasteiger partial charge in [-0.1, -0.05) is 6.42 Å². The average Bonchev–Trinajstić information content (AvgIpc) is 3.13. The van der Waals surface area contributed by atoms with E-state index in [1.54, 1.807) is 12.1 Å². The normalized spacial score (nSPS) is 17.4. The Labute approximate surface area is 190 Å². The van der Waals surface area contributed by atoms with Crippen LogP contribution in [0.1, 0.15) is 53.8 Å². The Balaban J connectivity index is 1.77. The van der Waals surface area contributed by atoms with Gasteiger partial charge in [-0.3, -0.25) is 4.79 Å². The first-order valence-electron chi connectivity index (χ1n) is 11.3. The van der Waals surface area contributed by atoms with Crippen LogP contribution >= 0.6 is 0 Å². The number of benzene rings is 1. The summed E-state index contributed by atoms with van der Waals surface area (Å²) < 4.78 is 26.9. The molecule has 32 heavy (non-hydrogen) atoms. The average molecular weight is 457 g/mol. The van der Waals surface area contributed by atoms with Gasteiger partial charge < -0.3 is 15.2 Å². The molecule has 1 aromatic carbocycles. The Morgan fingerprint density at radius 3 is 2.69 bits per heavy atom. The fourth-order valence-electron chi connectivity index (χ4n) is 4.67. The molecule has 1 aromatic heterocycles. The van der Waals surface area contributed by atoms with Gasteiger partial charge >= 0.3 is 0 Å². The number of fused-ring (bicyclic) bond motifs is 2. The van der Waals surface area contributed by atoms with Crippen LogP contribution in [0.3, 0.4) is 0 Å². The zero-order valence-corrected chi connectivity index (χ0v) is 19.9. The number of nitrogens with one attached hydrogen (secondary N) is 3. The predicted octanol–water partition coefficient (Wildman–Crippen LogP) is 3.18. The van der Waals surface area contributed by atoms with Crippen LogP contribution in [0.25, 0.3) is 11.6 Å². The lowest BCUT2D eigenvalue weighted by Crippen LogP contribution is -2.18. The highest BCUT2D eigenvalue weighted by Gasteiger charge is 2.27. The topological polar surface area (TPSA) is 94.3 Å². The van der Waals surface area contributed by atoms with Crippen molar-refractivity contribution in [3.63, 3.8) is 0 Å². The van der Waals surface area contributed by atoms with Gasteiger partial charge in [-0.25, -0.2) is 13.1 Å². The molecule has 3 N–H and O–H groups in total. The molecule has 0 saturated carbocycles. The Kier molecular flexibility index (Phi) is 6.55. The van der Waals surface area contributed by atoms with Crippen molar-refractivity contribution in [2.45, 2.75) is 49.8 Å². The third kappa shape index (κ3) is 4.53. The highest BCUT2D eigenvalue weighted by atomic mass is 32.2. The van der Waals surface area contributed by atoms with Crippen LogP contribution in [0.4, 0.5) is 5.69 Å². The number of sulfonamides is 1. The number of nitrogens with zero attached hydrogens (tertiary/aromatic N) is 1. The van der Waals surface area contributed by atoms with Crippen LogP contribution in [-0.4, -0.2) is 51.9 Å². The number of carbonyl (C=O) groups is 1. The second kappa shape index (κ2) is 9.21. The number of carbonyl (C=O) groups excluding carboxylic acids is 1. The SMILES string of the molecule is CNS(=O)(=O)c1ccc2c(c1)/C(=C/c1[nH]c3c(c1CCCN(C)C)CCCCC3)C(=O)N2. The van der Waals surface area contributed by atoms with Gasteiger partial charge in [0.25, 0.3) is 5.91 Å². The highest BCUT2D eigenvalue weighted by Crippen LogP contribution is 2.36. The summed E-state index contributed by atoms with van der Waals surface area (Å²) >= 11 is 0. The van der Waals surface area contributed by atoms with Crippen molar-refractivity contribution in [3.05, 3.63) is 46.3 Å². The first-order chi connectivity index (χ1) is 15.3. The van der Waals surface area contributed by atoms with E-state index in [0.29, 0.717) is 16.8 Å². The molecule has 2 aromatic rings. The summed E-state index contributed by atoms with van der Waals surface area (Å²) in [6.45, 7) is 1.00. The molecule has 0 spiro atoms. The Bertz CT molecular complexity index is 1160. The van der Waals surface area contributed by atoms with Crippen LogP contribution in [-0.2, 0) is 34.1 Å². The van der Waals surface area contributed by atoms with Crippen LogP contribution in [0.2, 0.25) is 0 Å². The van der Waals surface area contributed by atoms with Crippen molar-refractivity contribution in [3.8, 4) is 0 Å². The number of anilines is 1. The van der Waals surface area contributed by atoms with E-state index < -0.39 is 10.0 Å². The summed E-state index contributed by atoms with van der Waals surface area (Å²) in [5.74, 6) is -0.206. The molecular weight excluding hydrogens is 424 g/mol. The number of hydrogen-bond donors (Lipinski definition) is 3. The molecule has 1 amide bonds. The van der Waals surface area contributed by atoms with Crippen LogP contribution in [0.15, 0.2) is 23.1 Å². The monoisotopic (exact) mass is 456 g/mol. The van der Waals surface area contributed by atoms with Crippen molar-refractivity contribution < 1.29 is 13.2 Å². The van der Waals surface area contributed by atoms with E-state index in [-0.39, 0.29) is 10.8 Å². The summed E-state index contributed by atoms with van der Waals surface area (Å²) in [5, 5.41) is 2.87. The van der Waals surface area contributed by atoms with E-state index in [0.717, 1.165) is 37.9 Å². The zero-order valence-electron chi connectivity index (χ0n) is 19.0. The maximum atomic E-state index is 12.8. The summed E-state index contributed by atoms with van der Waals surface area (Å²) in [5.41, 5.74) is 6.75. The second-order valence-electron chi connectivity index (χ2n) is 8.87. The Hall–Kier alpha value is -2.42. The van der Waals surface area contributed by atoms with E-state index in [4.69, 9.17) is 0 Å². The molecule has 0 atom stereocenters. The lowest BCUT2D eigenvalue weighted by molar-refractivity contribution is -0.110. The Morgan fingerprint density at radius 1 is 1.16 bits per heavy atom. The third-order valence-electron chi connectivity index (χ3n) is 6.37. The maximum Gasteiger partial charge on any atom is 0.256 e. The van der Waals surface area contributed by atoms with Gasteiger partial charge in [-0.05, 0) is 102 Å². The van der Waals surface area contributed by atoms with Crippen molar-refractivity contribution in [2.75, 3.05) is 33.0 Å². The van der Waals surface area contributed by atoms with E-state index in [1.807, 2.05) is 6.08 Å². The summed E-state index contributed by atoms with van der Waals surface area (Å²) in [6.07, 6.45) is 9.62. The molecule has 0 saturated heterocycles. The number of amides is 1. The van der Waals surface area contributed by atoms with Gasteiger partial charge in [0, 0.05) is 22.6 Å². The largest absolute Gasteiger partial charge is 0.358 e.